The van der Waals surface area contributed by atoms with Crippen LogP contribution in [0.5, 0.6) is 0 Å². The fourth-order valence-corrected chi connectivity index (χ4v) is 2.28. The van der Waals surface area contributed by atoms with E-state index in [9.17, 15) is 4.79 Å². The van der Waals surface area contributed by atoms with Gasteiger partial charge in [-0.15, -0.1) is 0 Å². The zero-order chi connectivity index (χ0) is 13.7. The molecule has 0 atom stereocenters. The Morgan fingerprint density at radius 3 is 2.89 bits per heavy atom. The molecule has 1 amide bonds. The van der Waals surface area contributed by atoms with E-state index in [-0.39, 0.29) is 5.91 Å². The van der Waals surface area contributed by atoms with Gasteiger partial charge in [-0.25, -0.2) is 10.8 Å². The number of hydrogen-bond donors (Lipinski definition) is 2. The highest BCUT2D eigenvalue weighted by Gasteiger charge is 2.06. The molecule has 1 aromatic heterocycles. The highest BCUT2D eigenvalue weighted by atomic mass is 16.2. The Balaban J connectivity index is 1.88. The third-order valence-electron chi connectivity index (χ3n) is 3.29. The van der Waals surface area contributed by atoms with E-state index >= 15 is 0 Å². The first kappa shape index (κ1) is 13.5. The molecule has 0 bridgehead atoms. The highest BCUT2D eigenvalue weighted by molar-refractivity contribution is 5.76. The number of hydrazine groups is 1. The maximum absolute atomic E-state index is 11.0. The summed E-state index contributed by atoms with van der Waals surface area (Å²) < 4.78 is 2.23. The van der Waals surface area contributed by atoms with Crippen LogP contribution in [-0.2, 0) is 11.3 Å². The van der Waals surface area contributed by atoms with Crippen LogP contribution in [0.2, 0.25) is 0 Å². The van der Waals surface area contributed by atoms with Crippen molar-refractivity contribution in [3.63, 3.8) is 0 Å². The fraction of sp³-hybridized carbons (Fsp3) is 0.429. The lowest BCUT2D eigenvalue weighted by molar-refractivity contribution is -0.121. The second kappa shape index (κ2) is 6.33. The SMILES string of the molecule is Cc1nc2ccccc2n1CCCCCC(=O)NN. The van der Waals surface area contributed by atoms with Crippen molar-refractivity contribution in [3.05, 3.63) is 30.1 Å². The van der Waals surface area contributed by atoms with E-state index in [2.05, 4.69) is 21.0 Å². The van der Waals surface area contributed by atoms with E-state index in [0.29, 0.717) is 6.42 Å². The number of unbranched alkanes of at least 4 members (excludes halogenated alkanes) is 2. The number of nitrogens with one attached hydrogen (secondary N) is 1. The molecule has 2 aromatic rings. The van der Waals surface area contributed by atoms with Gasteiger partial charge in [0.05, 0.1) is 11.0 Å². The molecule has 0 saturated carbocycles. The van der Waals surface area contributed by atoms with Gasteiger partial charge in [-0.2, -0.15) is 0 Å². The molecule has 2 rings (SSSR count). The van der Waals surface area contributed by atoms with Crippen molar-refractivity contribution in [2.24, 2.45) is 5.84 Å². The molecule has 0 fully saturated rings. The van der Waals surface area contributed by atoms with Crippen LogP contribution in [0, 0.1) is 6.92 Å². The van der Waals surface area contributed by atoms with Crippen LogP contribution in [0.15, 0.2) is 24.3 Å². The van der Waals surface area contributed by atoms with Gasteiger partial charge in [-0.1, -0.05) is 18.6 Å². The number of rotatable bonds is 6. The number of para-hydroxylation sites is 2. The number of benzene rings is 1. The molecule has 0 saturated heterocycles. The lowest BCUT2D eigenvalue weighted by atomic mass is 10.2. The Labute approximate surface area is 112 Å². The maximum atomic E-state index is 11.0. The van der Waals surface area contributed by atoms with Crippen LogP contribution in [0.4, 0.5) is 0 Å². The second-order valence-corrected chi connectivity index (χ2v) is 4.68. The smallest absolute Gasteiger partial charge is 0.233 e. The third-order valence-corrected chi connectivity index (χ3v) is 3.29. The van der Waals surface area contributed by atoms with Gasteiger partial charge in [0.2, 0.25) is 5.91 Å². The normalized spacial score (nSPS) is 10.8. The molecule has 102 valence electrons. The first-order valence-corrected chi connectivity index (χ1v) is 6.63. The summed E-state index contributed by atoms with van der Waals surface area (Å²) in [5.74, 6) is 5.98. The lowest BCUT2D eigenvalue weighted by Crippen LogP contribution is -2.29. The standard InChI is InChI=1S/C14H20N4O/c1-11-16-12-7-4-5-8-13(12)18(11)10-6-2-3-9-14(19)17-15/h4-5,7-8H,2-3,6,9-10,15H2,1H3,(H,17,19). The van der Waals surface area contributed by atoms with Crippen molar-refractivity contribution in [3.8, 4) is 0 Å². The van der Waals surface area contributed by atoms with Gasteiger partial charge in [0.1, 0.15) is 5.82 Å². The molecule has 0 unspecified atom stereocenters. The molecule has 3 N–H and O–H groups in total. The van der Waals surface area contributed by atoms with Gasteiger partial charge < -0.3 is 4.57 Å². The number of hydrogen-bond acceptors (Lipinski definition) is 3. The van der Waals surface area contributed by atoms with Gasteiger partial charge in [-0.3, -0.25) is 10.2 Å². The number of aryl methyl sites for hydroxylation is 2. The predicted molar refractivity (Wildman–Crippen MR) is 75.3 cm³/mol. The molecule has 5 nitrogen and oxygen atoms in total. The number of carbonyl (C=O) groups excluding carboxylic acids is 1. The number of imidazole rings is 1. The first-order chi connectivity index (χ1) is 9.22. The van der Waals surface area contributed by atoms with Gasteiger partial charge >= 0.3 is 0 Å². The lowest BCUT2D eigenvalue weighted by Gasteiger charge is -2.06. The summed E-state index contributed by atoms with van der Waals surface area (Å²) >= 11 is 0. The minimum atomic E-state index is -0.0933. The van der Waals surface area contributed by atoms with E-state index in [1.54, 1.807) is 0 Å². The molecular weight excluding hydrogens is 240 g/mol. The third kappa shape index (κ3) is 3.32. The zero-order valence-corrected chi connectivity index (χ0v) is 11.2. The van der Waals surface area contributed by atoms with E-state index in [1.807, 2.05) is 25.1 Å². The molecule has 1 aromatic carbocycles. The Morgan fingerprint density at radius 1 is 1.32 bits per heavy atom. The van der Waals surface area contributed by atoms with Crippen LogP contribution >= 0.6 is 0 Å². The van der Waals surface area contributed by atoms with Crippen molar-refractivity contribution >= 4 is 16.9 Å². The van der Waals surface area contributed by atoms with Crippen molar-refractivity contribution in [1.29, 1.82) is 0 Å². The number of carbonyl (C=O) groups is 1. The average molecular weight is 260 g/mol. The quantitative estimate of drug-likeness (QED) is 0.360. The predicted octanol–water partition coefficient (Wildman–Crippen LogP) is 1.90. The molecule has 0 spiro atoms. The largest absolute Gasteiger partial charge is 0.328 e. The van der Waals surface area contributed by atoms with Crippen LogP contribution < -0.4 is 11.3 Å². The van der Waals surface area contributed by atoms with E-state index in [0.717, 1.165) is 37.1 Å². The van der Waals surface area contributed by atoms with Crippen LogP contribution in [-0.4, -0.2) is 15.5 Å². The van der Waals surface area contributed by atoms with E-state index < -0.39 is 0 Å². The molecule has 0 aliphatic heterocycles. The average Bonchev–Trinajstić information content (AvgIpc) is 2.74. The Morgan fingerprint density at radius 2 is 2.11 bits per heavy atom. The first-order valence-electron chi connectivity index (χ1n) is 6.63. The van der Waals surface area contributed by atoms with Crippen LogP contribution in [0.1, 0.15) is 31.5 Å². The van der Waals surface area contributed by atoms with Crippen molar-refractivity contribution < 1.29 is 4.79 Å². The van der Waals surface area contributed by atoms with E-state index in [1.165, 1.54) is 5.52 Å². The zero-order valence-electron chi connectivity index (χ0n) is 11.2. The monoisotopic (exact) mass is 260 g/mol. The maximum Gasteiger partial charge on any atom is 0.233 e. The number of nitrogens with two attached hydrogens (primary N) is 1. The Kier molecular flexibility index (Phi) is 4.52. The van der Waals surface area contributed by atoms with Crippen molar-refractivity contribution in [2.45, 2.75) is 39.2 Å². The minimum Gasteiger partial charge on any atom is -0.328 e. The fourth-order valence-electron chi connectivity index (χ4n) is 2.28. The molecule has 0 aliphatic rings. The molecule has 0 radical (unpaired) electrons. The highest BCUT2D eigenvalue weighted by Crippen LogP contribution is 2.16. The van der Waals surface area contributed by atoms with E-state index in [4.69, 9.17) is 5.84 Å². The molecule has 0 aliphatic carbocycles. The van der Waals surface area contributed by atoms with Gasteiger partial charge in [-0.05, 0) is 31.9 Å². The topological polar surface area (TPSA) is 72.9 Å². The van der Waals surface area contributed by atoms with Crippen molar-refractivity contribution in [2.75, 3.05) is 0 Å². The summed E-state index contributed by atoms with van der Waals surface area (Å²) in [6.45, 7) is 2.97. The number of aromatic nitrogens is 2. The molecule has 5 heteroatoms. The number of fused-ring (bicyclic) bond motifs is 1. The van der Waals surface area contributed by atoms with Gasteiger partial charge in [0, 0.05) is 13.0 Å². The molecular formula is C14H20N4O. The summed E-state index contributed by atoms with van der Waals surface area (Å²) in [6.07, 6.45) is 3.42. The summed E-state index contributed by atoms with van der Waals surface area (Å²) in [6, 6.07) is 8.16. The van der Waals surface area contributed by atoms with Crippen molar-refractivity contribution in [1.82, 2.24) is 15.0 Å². The summed E-state index contributed by atoms with van der Waals surface area (Å²) in [4.78, 5) is 15.5. The number of nitrogens with zero attached hydrogens (tertiary/aromatic N) is 2. The molecule has 1 heterocycles. The molecule has 19 heavy (non-hydrogen) atoms. The summed E-state index contributed by atoms with van der Waals surface area (Å²) in [5.41, 5.74) is 4.37. The number of amides is 1. The summed E-state index contributed by atoms with van der Waals surface area (Å²) in [5, 5.41) is 0. The van der Waals surface area contributed by atoms with Crippen LogP contribution in [0.25, 0.3) is 11.0 Å². The summed E-state index contributed by atoms with van der Waals surface area (Å²) in [7, 11) is 0. The van der Waals surface area contributed by atoms with Gasteiger partial charge in [0.15, 0.2) is 0 Å². The Hall–Kier alpha value is -1.88. The Bertz CT molecular complexity index is 562. The minimum absolute atomic E-state index is 0.0933. The van der Waals surface area contributed by atoms with Crippen LogP contribution in [0.3, 0.4) is 0 Å². The van der Waals surface area contributed by atoms with Gasteiger partial charge in [0.25, 0.3) is 0 Å². The second-order valence-electron chi connectivity index (χ2n) is 4.68.